The Bertz CT molecular complexity index is 1940. The van der Waals surface area contributed by atoms with Gasteiger partial charge in [0.15, 0.2) is 0 Å². The molecule has 0 amide bonds. The summed E-state index contributed by atoms with van der Waals surface area (Å²) in [7, 11) is 0. The molecular weight excluding hydrogens is 570 g/mol. The number of aryl methyl sites for hydroxylation is 1. The number of para-hydroxylation sites is 1. The maximum atomic E-state index is 14.0. The van der Waals surface area contributed by atoms with Crippen LogP contribution in [0.3, 0.4) is 0 Å². The minimum absolute atomic E-state index is 0.179. The number of aromatic nitrogens is 2. The van der Waals surface area contributed by atoms with E-state index in [-0.39, 0.29) is 35.4 Å². The summed E-state index contributed by atoms with van der Waals surface area (Å²) in [5, 5.41) is 15.1. The number of anilines is 1. The lowest BCUT2D eigenvalue weighted by Crippen LogP contribution is -2.41. The van der Waals surface area contributed by atoms with Crippen molar-refractivity contribution in [3.8, 4) is 5.88 Å². The Labute approximate surface area is 272 Å². The zero-order valence-corrected chi connectivity index (χ0v) is 28.3. The fraction of sp³-hybridized carbons (Fsp3) is 0.350. The molecule has 2 heterocycles. The molecule has 6 heteroatoms. The van der Waals surface area contributed by atoms with E-state index < -0.39 is 11.2 Å². The third-order valence-electron chi connectivity index (χ3n) is 9.92. The molecule has 240 valence electrons. The second kappa shape index (κ2) is 12.7. The van der Waals surface area contributed by atoms with E-state index in [2.05, 4.69) is 101 Å². The predicted molar refractivity (Wildman–Crippen MR) is 190 cm³/mol. The van der Waals surface area contributed by atoms with Gasteiger partial charge in [-0.2, -0.15) is 0 Å². The molecule has 0 fully saturated rings. The van der Waals surface area contributed by atoms with Gasteiger partial charge >= 0.3 is 5.69 Å². The van der Waals surface area contributed by atoms with Gasteiger partial charge in [-0.1, -0.05) is 95.0 Å². The van der Waals surface area contributed by atoms with E-state index in [9.17, 15) is 14.7 Å². The minimum atomic E-state index is -0.500. The summed E-state index contributed by atoms with van der Waals surface area (Å²) >= 11 is 0. The Morgan fingerprint density at radius 3 is 2.35 bits per heavy atom. The Kier molecular flexibility index (Phi) is 9.03. The van der Waals surface area contributed by atoms with Crippen molar-refractivity contribution in [1.82, 2.24) is 9.13 Å². The number of benzene rings is 2. The molecule has 6 nitrogen and oxygen atoms in total. The van der Waals surface area contributed by atoms with Gasteiger partial charge in [-0.25, -0.2) is 4.79 Å². The smallest absolute Gasteiger partial charge is 0.333 e. The summed E-state index contributed by atoms with van der Waals surface area (Å²) in [6.45, 7) is 19.4. The molecule has 1 aliphatic carbocycles. The van der Waals surface area contributed by atoms with Crippen molar-refractivity contribution in [2.45, 2.75) is 91.6 Å². The Hall–Kier alpha value is -4.58. The highest BCUT2D eigenvalue weighted by atomic mass is 16.3. The van der Waals surface area contributed by atoms with Crippen LogP contribution in [0.4, 0.5) is 5.69 Å². The van der Waals surface area contributed by atoms with Crippen molar-refractivity contribution in [3.05, 3.63) is 145 Å². The van der Waals surface area contributed by atoms with Crippen LogP contribution >= 0.6 is 0 Å². The second-order valence-electron chi connectivity index (χ2n) is 13.4. The van der Waals surface area contributed by atoms with Gasteiger partial charge < -0.3 is 10.4 Å². The molecule has 3 aromatic rings. The predicted octanol–water partition coefficient (Wildman–Crippen LogP) is 8.31. The number of allylic oxidation sites excluding steroid dienone is 9. The maximum Gasteiger partial charge on any atom is 0.333 e. The van der Waals surface area contributed by atoms with E-state index in [0.717, 1.165) is 47.4 Å². The summed E-state index contributed by atoms with van der Waals surface area (Å²) in [4.78, 5) is 27.1. The Balaban J connectivity index is 1.70. The number of nitrogens with one attached hydrogen (secondary N) is 1. The van der Waals surface area contributed by atoms with E-state index in [1.807, 2.05) is 18.2 Å². The summed E-state index contributed by atoms with van der Waals surface area (Å²) < 4.78 is 2.51. The van der Waals surface area contributed by atoms with Crippen molar-refractivity contribution in [3.63, 3.8) is 0 Å². The third-order valence-corrected chi connectivity index (χ3v) is 9.92. The number of fused-ring (bicyclic) bond motifs is 1. The van der Waals surface area contributed by atoms with E-state index >= 15 is 0 Å². The molecule has 2 N–H and O–H groups in total. The second-order valence-corrected chi connectivity index (χ2v) is 13.4. The summed E-state index contributed by atoms with van der Waals surface area (Å²) in [6, 6.07) is 16.7. The molecule has 5 rings (SSSR count). The number of aromatic hydroxyl groups is 1. The van der Waals surface area contributed by atoms with Crippen molar-refractivity contribution >= 4 is 11.3 Å². The minimum Gasteiger partial charge on any atom is -0.494 e. The normalized spacial score (nSPS) is 18.0. The number of hydrogen-bond donors (Lipinski definition) is 2. The lowest BCUT2D eigenvalue weighted by Gasteiger charge is -2.28. The standard InChI is InChI=1S/C40H47N3O3/c1-9-42-36(44)35(37(45)43(10-2)38(42)46)34-28(23-22-27(4)39(5,6)30-19-12-11-16-26(30)3)17-15-18-29(34)24-25-33-40(7,8)31-20-13-14-21-32(31)41-33/h11-14,16,19-25,41,44H,4,9-10,15,17-18H2,1-3,5-8H3/b23-22+,29-24+,33-25+. The van der Waals surface area contributed by atoms with Gasteiger partial charge in [0, 0.05) is 35.3 Å². The quantitative estimate of drug-likeness (QED) is 0.249. The zero-order chi connectivity index (χ0) is 33.4. The Morgan fingerprint density at radius 2 is 1.67 bits per heavy atom. The van der Waals surface area contributed by atoms with Crippen molar-refractivity contribution in [2.75, 3.05) is 5.32 Å². The molecule has 0 saturated heterocycles. The van der Waals surface area contributed by atoms with Crippen LogP contribution in [0.5, 0.6) is 5.88 Å². The molecule has 1 aliphatic heterocycles. The van der Waals surface area contributed by atoms with Crippen molar-refractivity contribution in [2.24, 2.45) is 0 Å². The van der Waals surface area contributed by atoms with Crippen LogP contribution in [0.2, 0.25) is 0 Å². The van der Waals surface area contributed by atoms with Gasteiger partial charge in [-0.05, 0) is 91.2 Å². The van der Waals surface area contributed by atoms with Crippen molar-refractivity contribution < 1.29 is 5.11 Å². The molecule has 46 heavy (non-hydrogen) atoms. The molecule has 0 bridgehead atoms. The lowest BCUT2D eigenvalue weighted by molar-refractivity contribution is 0.393. The van der Waals surface area contributed by atoms with Crippen LogP contribution in [0.25, 0.3) is 5.57 Å². The van der Waals surface area contributed by atoms with E-state index in [0.29, 0.717) is 5.57 Å². The van der Waals surface area contributed by atoms with Gasteiger partial charge in [-0.3, -0.25) is 13.9 Å². The van der Waals surface area contributed by atoms with Crippen LogP contribution in [0.1, 0.15) is 83.1 Å². The van der Waals surface area contributed by atoms with Crippen LogP contribution in [-0.4, -0.2) is 14.2 Å². The molecule has 0 unspecified atom stereocenters. The fourth-order valence-electron chi connectivity index (χ4n) is 6.93. The van der Waals surface area contributed by atoms with E-state index in [4.69, 9.17) is 0 Å². The number of rotatable bonds is 8. The number of nitrogens with zero attached hydrogens (tertiary/aromatic N) is 2. The Morgan fingerprint density at radius 1 is 1.00 bits per heavy atom. The van der Waals surface area contributed by atoms with E-state index in [1.54, 1.807) is 13.8 Å². The molecule has 1 aromatic heterocycles. The van der Waals surface area contributed by atoms with Crippen LogP contribution in [-0.2, 0) is 23.9 Å². The maximum absolute atomic E-state index is 14.0. The average molecular weight is 618 g/mol. The van der Waals surface area contributed by atoms with Crippen LogP contribution < -0.4 is 16.6 Å². The number of hydrogen-bond acceptors (Lipinski definition) is 4. The molecule has 0 radical (unpaired) electrons. The first-order chi connectivity index (χ1) is 21.8. The van der Waals surface area contributed by atoms with Gasteiger partial charge in [0.25, 0.3) is 5.56 Å². The van der Waals surface area contributed by atoms with Gasteiger partial charge in [0.1, 0.15) is 5.56 Å². The highest BCUT2D eigenvalue weighted by Crippen LogP contribution is 2.44. The van der Waals surface area contributed by atoms with Crippen LogP contribution in [0.15, 0.2) is 111 Å². The van der Waals surface area contributed by atoms with Crippen molar-refractivity contribution in [1.29, 1.82) is 0 Å². The summed E-state index contributed by atoms with van der Waals surface area (Å²) in [5.74, 6) is -0.283. The monoisotopic (exact) mass is 617 g/mol. The fourth-order valence-corrected chi connectivity index (χ4v) is 6.93. The average Bonchev–Trinajstić information content (AvgIpc) is 3.29. The largest absolute Gasteiger partial charge is 0.494 e. The van der Waals surface area contributed by atoms with Gasteiger partial charge in [0.2, 0.25) is 5.88 Å². The topological polar surface area (TPSA) is 76.3 Å². The first kappa shape index (κ1) is 32.8. The lowest BCUT2D eigenvalue weighted by atomic mass is 9.75. The molecule has 0 saturated carbocycles. The molecule has 0 spiro atoms. The SMILES string of the molecule is C=C(/C=C/C1=C(c2c(O)n(CC)c(=O)n(CC)c2=O)C(=C/C=C2/Nc3ccccc3C2(C)C)/CCC1)C(C)(C)c1ccccc1C. The van der Waals surface area contributed by atoms with Gasteiger partial charge in [-0.15, -0.1) is 0 Å². The summed E-state index contributed by atoms with van der Waals surface area (Å²) in [5.41, 5.74) is 7.99. The zero-order valence-electron chi connectivity index (χ0n) is 28.3. The molecular formula is C40H47N3O3. The van der Waals surface area contributed by atoms with Gasteiger partial charge in [0.05, 0.1) is 0 Å². The highest BCUT2D eigenvalue weighted by Gasteiger charge is 2.34. The molecule has 2 aliphatic rings. The highest BCUT2D eigenvalue weighted by molar-refractivity contribution is 5.86. The van der Waals surface area contributed by atoms with E-state index in [1.165, 1.54) is 25.8 Å². The summed E-state index contributed by atoms with van der Waals surface area (Å²) in [6.07, 6.45) is 10.6. The first-order valence-electron chi connectivity index (χ1n) is 16.4. The third kappa shape index (κ3) is 5.66. The first-order valence-corrected chi connectivity index (χ1v) is 16.4. The molecule has 2 aromatic carbocycles. The molecule has 0 atom stereocenters. The van der Waals surface area contributed by atoms with Crippen LogP contribution in [0, 0.1) is 6.92 Å².